The Hall–Kier alpha value is -3.68. The van der Waals surface area contributed by atoms with Crippen molar-refractivity contribution in [2.75, 3.05) is 0 Å². The van der Waals surface area contributed by atoms with E-state index in [-0.39, 0.29) is 24.8 Å². The molecular weight excluding hydrogens is 376 g/mol. The number of nitrogens with two attached hydrogens (primary N) is 1. The van der Waals surface area contributed by atoms with Crippen LogP contribution in [-0.2, 0) is 25.6 Å². The lowest BCUT2D eigenvalue weighted by Crippen LogP contribution is -2.50. The number of carboxylic acids is 2. The van der Waals surface area contributed by atoms with Crippen LogP contribution in [0.5, 0.6) is 0 Å². The number of primary amides is 1. The van der Waals surface area contributed by atoms with Gasteiger partial charge in [-0.3, -0.25) is 9.59 Å². The number of aliphatic carboxylic acids is 2. The van der Waals surface area contributed by atoms with Gasteiger partial charge in [0, 0.05) is 6.42 Å². The van der Waals surface area contributed by atoms with Crippen LogP contribution < -0.4 is 5.73 Å². The first-order valence-corrected chi connectivity index (χ1v) is 8.95. The predicted octanol–water partition coefficient (Wildman–Crippen LogP) is 1.60. The maximum absolute atomic E-state index is 13.1. The number of hydrogen-bond acceptors (Lipinski definition) is 4. The molecule has 0 fully saturated rings. The molecule has 152 valence electrons. The highest BCUT2D eigenvalue weighted by Crippen LogP contribution is 2.27. The summed E-state index contributed by atoms with van der Waals surface area (Å²) in [6.07, 6.45) is -0.771. The summed E-state index contributed by atoms with van der Waals surface area (Å²) >= 11 is 0. The van der Waals surface area contributed by atoms with Crippen molar-refractivity contribution in [3.8, 4) is 0 Å². The summed E-state index contributed by atoms with van der Waals surface area (Å²) in [6, 6.07) is 13.4. The van der Waals surface area contributed by atoms with Crippen molar-refractivity contribution in [1.29, 1.82) is 0 Å². The predicted molar refractivity (Wildman–Crippen MR) is 104 cm³/mol. The molecule has 0 aliphatic rings. The zero-order valence-electron chi connectivity index (χ0n) is 15.6. The Kier molecular flexibility index (Phi) is 7.47. The minimum Gasteiger partial charge on any atom is -0.480 e. The Morgan fingerprint density at radius 1 is 0.862 bits per heavy atom. The van der Waals surface area contributed by atoms with Gasteiger partial charge in [0.15, 0.2) is 6.04 Å². The van der Waals surface area contributed by atoms with E-state index in [4.69, 9.17) is 5.73 Å². The SMILES string of the molecule is NC(=O)CC[C@@H](C(=O)O)N(C(=O)Cc1ccccc1)C(C(=O)O)c1ccccc1. The largest absolute Gasteiger partial charge is 0.480 e. The van der Waals surface area contributed by atoms with Gasteiger partial charge in [-0.2, -0.15) is 0 Å². The fraction of sp³-hybridized carbons (Fsp3) is 0.238. The van der Waals surface area contributed by atoms with Crippen LogP contribution in [0.25, 0.3) is 0 Å². The topological polar surface area (TPSA) is 138 Å². The molecule has 0 saturated heterocycles. The highest BCUT2D eigenvalue weighted by molar-refractivity contribution is 5.90. The first-order valence-electron chi connectivity index (χ1n) is 8.95. The van der Waals surface area contributed by atoms with Crippen molar-refractivity contribution in [3.63, 3.8) is 0 Å². The molecule has 8 heteroatoms. The monoisotopic (exact) mass is 398 g/mol. The van der Waals surface area contributed by atoms with Gasteiger partial charge >= 0.3 is 11.9 Å². The van der Waals surface area contributed by atoms with E-state index in [1.54, 1.807) is 48.5 Å². The Balaban J connectivity index is 2.49. The van der Waals surface area contributed by atoms with E-state index in [1.807, 2.05) is 0 Å². The third kappa shape index (κ3) is 5.90. The van der Waals surface area contributed by atoms with E-state index in [2.05, 4.69) is 0 Å². The van der Waals surface area contributed by atoms with Gasteiger partial charge in [-0.1, -0.05) is 60.7 Å². The lowest BCUT2D eigenvalue weighted by atomic mass is 9.99. The molecule has 29 heavy (non-hydrogen) atoms. The standard InChI is InChI=1S/C21H22N2O6/c22-17(24)12-11-16(20(26)27)23(18(25)13-14-7-3-1-4-8-14)19(21(28)29)15-9-5-2-6-10-15/h1-10,16,19H,11-13H2,(H2,22,24)(H,26,27)(H,28,29)/t16-,19?/m0/s1. The number of benzene rings is 2. The van der Waals surface area contributed by atoms with Gasteiger partial charge in [-0.05, 0) is 17.5 Å². The van der Waals surface area contributed by atoms with Gasteiger partial charge in [0.05, 0.1) is 6.42 Å². The summed E-state index contributed by atoms with van der Waals surface area (Å²) in [7, 11) is 0. The minimum atomic E-state index is -1.53. The molecule has 1 unspecified atom stereocenters. The van der Waals surface area contributed by atoms with E-state index >= 15 is 0 Å². The Labute approximate surface area is 167 Å². The first-order chi connectivity index (χ1) is 13.8. The van der Waals surface area contributed by atoms with Crippen molar-refractivity contribution in [3.05, 3.63) is 71.8 Å². The summed E-state index contributed by atoms with van der Waals surface area (Å²) < 4.78 is 0. The lowest BCUT2D eigenvalue weighted by Gasteiger charge is -2.34. The van der Waals surface area contributed by atoms with E-state index < -0.39 is 35.8 Å². The van der Waals surface area contributed by atoms with E-state index in [1.165, 1.54) is 12.1 Å². The molecule has 0 heterocycles. The highest BCUT2D eigenvalue weighted by atomic mass is 16.4. The Bertz CT molecular complexity index is 869. The number of carboxylic acid groups (broad SMARTS) is 2. The summed E-state index contributed by atoms with van der Waals surface area (Å²) in [6.45, 7) is 0. The molecule has 0 bridgehead atoms. The van der Waals surface area contributed by atoms with Crippen LogP contribution >= 0.6 is 0 Å². The average Bonchev–Trinajstić information content (AvgIpc) is 2.68. The molecule has 0 aliphatic carbocycles. The summed E-state index contributed by atoms with van der Waals surface area (Å²) in [4.78, 5) is 49.1. The lowest BCUT2D eigenvalue weighted by molar-refractivity contribution is -0.160. The molecule has 0 aromatic heterocycles. The number of carbonyl (C=O) groups is 4. The molecule has 0 aliphatic heterocycles. The molecular formula is C21H22N2O6. The smallest absolute Gasteiger partial charge is 0.331 e. The normalized spacial score (nSPS) is 12.6. The second kappa shape index (κ2) is 10.0. The Morgan fingerprint density at radius 2 is 1.41 bits per heavy atom. The number of amides is 2. The van der Waals surface area contributed by atoms with Crippen LogP contribution in [0, 0.1) is 0 Å². The van der Waals surface area contributed by atoms with Gasteiger partial charge in [0.2, 0.25) is 11.8 Å². The van der Waals surface area contributed by atoms with Gasteiger partial charge in [-0.15, -0.1) is 0 Å². The number of carbonyl (C=O) groups excluding carboxylic acids is 2. The molecule has 8 nitrogen and oxygen atoms in total. The van der Waals surface area contributed by atoms with Gasteiger partial charge in [-0.25, -0.2) is 9.59 Å². The van der Waals surface area contributed by atoms with E-state index in [0.29, 0.717) is 5.56 Å². The van der Waals surface area contributed by atoms with Gasteiger partial charge in [0.25, 0.3) is 0 Å². The molecule has 0 saturated carbocycles. The highest BCUT2D eigenvalue weighted by Gasteiger charge is 2.39. The van der Waals surface area contributed by atoms with Crippen molar-refractivity contribution in [2.45, 2.75) is 31.3 Å². The van der Waals surface area contributed by atoms with Gasteiger partial charge in [0.1, 0.15) is 6.04 Å². The van der Waals surface area contributed by atoms with Crippen molar-refractivity contribution < 1.29 is 29.4 Å². The van der Waals surface area contributed by atoms with Crippen molar-refractivity contribution in [2.24, 2.45) is 5.73 Å². The van der Waals surface area contributed by atoms with Crippen LogP contribution in [0.3, 0.4) is 0 Å². The maximum Gasteiger partial charge on any atom is 0.331 e. The third-order valence-corrected chi connectivity index (χ3v) is 4.40. The molecule has 0 radical (unpaired) electrons. The minimum absolute atomic E-state index is 0.183. The average molecular weight is 398 g/mol. The second-order valence-electron chi connectivity index (χ2n) is 6.47. The van der Waals surface area contributed by atoms with Crippen LogP contribution in [0.15, 0.2) is 60.7 Å². The summed E-state index contributed by atoms with van der Waals surface area (Å²) in [5, 5.41) is 19.6. The number of hydrogen-bond donors (Lipinski definition) is 3. The van der Waals surface area contributed by atoms with Crippen LogP contribution in [0.4, 0.5) is 0 Å². The van der Waals surface area contributed by atoms with Crippen molar-refractivity contribution in [1.82, 2.24) is 4.90 Å². The molecule has 2 aromatic rings. The molecule has 2 atom stereocenters. The van der Waals surface area contributed by atoms with Crippen LogP contribution in [-0.4, -0.2) is 44.9 Å². The number of nitrogens with zero attached hydrogens (tertiary/aromatic N) is 1. The van der Waals surface area contributed by atoms with E-state index in [9.17, 15) is 29.4 Å². The Morgan fingerprint density at radius 3 is 1.90 bits per heavy atom. The third-order valence-electron chi connectivity index (χ3n) is 4.40. The van der Waals surface area contributed by atoms with Crippen molar-refractivity contribution >= 4 is 23.8 Å². The quantitative estimate of drug-likeness (QED) is 0.556. The summed E-state index contributed by atoms with van der Waals surface area (Å²) in [5.74, 6) is -4.19. The fourth-order valence-electron chi connectivity index (χ4n) is 3.08. The molecule has 4 N–H and O–H groups in total. The molecule has 0 spiro atoms. The zero-order valence-corrected chi connectivity index (χ0v) is 15.6. The molecule has 2 amide bonds. The molecule has 2 rings (SSSR count). The maximum atomic E-state index is 13.1. The second-order valence-corrected chi connectivity index (χ2v) is 6.47. The number of rotatable bonds is 10. The summed E-state index contributed by atoms with van der Waals surface area (Å²) in [5.41, 5.74) is 6.00. The molecule has 2 aromatic carbocycles. The van der Waals surface area contributed by atoms with Crippen LogP contribution in [0.1, 0.15) is 30.0 Å². The van der Waals surface area contributed by atoms with Crippen LogP contribution in [0.2, 0.25) is 0 Å². The zero-order chi connectivity index (χ0) is 21.4. The van der Waals surface area contributed by atoms with Gasteiger partial charge < -0.3 is 20.8 Å². The fourth-order valence-corrected chi connectivity index (χ4v) is 3.08. The first kappa shape index (κ1) is 21.6. The van der Waals surface area contributed by atoms with E-state index in [0.717, 1.165) is 4.90 Å².